The Morgan fingerprint density at radius 1 is 1.06 bits per heavy atom. The van der Waals surface area contributed by atoms with E-state index < -0.39 is 0 Å². The summed E-state index contributed by atoms with van der Waals surface area (Å²) in [6.45, 7) is 1.94. The molecule has 2 aliphatic rings. The fourth-order valence-electron chi connectivity index (χ4n) is 5.44. The Labute approximate surface area is 187 Å². The number of pyridine rings is 2. The molecule has 32 heavy (non-hydrogen) atoms. The van der Waals surface area contributed by atoms with E-state index in [-0.39, 0.29) is 34.6 Å². The van der Waals surface area contributed by atoms with Crippen LogP contribution in [-0.4, -0.2) is 25.9 Å². The first kappa shape index (κ1) is 20.9. The first-order valence-electron chi connectivity index (χ1n) is 12.0. The molecule has 0 radical (unpaired) electrons. The first-order valence-corrected chi connectivity index (χ1v) is 12.0. The van der Waals surface area contributed by atoms with Gasteiger partial charge in [0.25, 0.3) is 11.5 Å². The molecule has 1 amide bonds. The maximum absolute atomic E-state index is 13.5. The average molecular weight is 434 g/mol. The van der Waals surface area contributed by atoms with Crippen molar-refractivity contribution in [2.45, 2.75) is 83.2 Å². The van der Waals surface area contributed by atoms with Crippen LogP contribution in [-0.2, 0) is 0 Å². The van der Waals surface area contributed by atoms with E-state index in [1.54, 1.807) is 16.7 Å². The van der Waals surface area contributed by atoms with Crippen LogP contribution in [0.5, 0.6) is 0 Å². The number of aryl methyl sites for hydroxylation is 1. The van der Waals surface area contributed by atoms with Gasteiger partial charge in [-0.15, -0.1) is 0 Å². The van der Waals surface area contributed by atoms with Gasteiger partial charge in [0.1, 0.15) is 16.8 Å². The number of hydrogen-bond donors (Lipinski definition) is 2. The van der Waals surface area contributed by atoms with E-state index >= 15 is 0 Å². The van der Waals surface area contributed by atoms with E-state index in [1.165, 1.54) is 12.8 Å². The smallest absolute Gasteiger partial charge is 0.267 e. The normalized spacial score (nSPS) is 18.3. The van der Waals surface area contributed by atoms with Crippen molar-refractivity contribution in [2.75, 3.05) is 0 Å². The summed E-state index contributed by atoms with van der Waals surface area (Å²) >= 11 is 0. The van der Waals surface area contributed by atoms with E-state index in [4.69, 9.17) is 10.4 Å². The lowest BCUT2D eigenvalue weighted by molar-refractivity contribution is 0.0925. The van der Waals surface area contributed by atoms with Crippen molar-refractivity contribution in [2.24, 2.45) is 0 Å². The highest BCUT2D eigenvalue weighted by Crippen LogP contribution is 2.29. The molecule has 2 saturated carbocycles. The Hall–Kier alpha value is -2.96. The van der Waals surface area contributed by atoms with Crippen LogP contribution in [0.4, 0.5) is 0 Å². The molecule has 0 atom stereocenters. The van der Waals surface area contributed by atoms with Crippen LogP contribution < -0.4 is 16.4 Å². The highest BCUT2D eigenvalue weighted by molar-refractivity contribution is 5.97. The fourth-order valence-corrected chi connectivity index (χ4v) is 5.44. The van der Waals surface area contributed by atoms with Gasteiger partial charge in [-0.1, -0.05) is 44.6 Å². The zero-order valence-electron chi connectivity index (χ0n) is 18.7. The highest BCUT2D eigenvalue weighted by atomic mass is 16.2. The van der Waals surface area contributed by atoms with Crippen LogP contribution in [0.1, 0.15) is 86.2 Å². The summed E-state index contributed by atoms with van der Waals surface area (Å²) < 4.78 is 3.42. The Balaban J connectivity index is 1.72. The molecule has 3 aromatic rings. The SMILES string of the molecule is Cc1cccn2c(=O)c3cc(C(=O)NC4CCCCC4)c(=N)n(C4CCCCC4)c3nc12. The van der Waals surface area contributed by atoms with Gasteiger partial charge >= 0.3 is 0 Å². The monoisotopic (exact) mass is 433 g/mol. The number of rotatable bonds is 3. The minimum absolute atomic E-state index is 0.0829. The van der Waals surface area contributed by atoms with Crippen LogP contribution in [0, 0.1) is 12.3 Å². The number of hydrogen-bond acceptors (Lipinski definition) is 4. The molecule has 0 unspecified atom stereocenters. The van der Waals surface area contributed by atoms with Gasteiger partial charge in [-0.3, -0.25) is 19.4 Å². The highest BCUT2D eigenvalue weighted by Gasteiger charge is 2.25. The maximum Gasteiger partial charge on any atom is 0.267 e. The van der Waals surface area contributed by atoms with Gasteiger partial charge in [0.15, 0.2) is 0 Å². The minimum atomic E-state index is -0.248. The summed E-state index contributed by atoms with van der Waals surface area (Å²) in [4.78, 5) is 31.6. The molecule has 0 spiro atoms. The standard InChI is InChI=1S/C25H31N5O2/c1-16-9-8-14-29-22(16)28-23-20(25(29)32)15-19(24(31)27-17-10-4-2-5-11-17)21(26)30(23)18-12-6-3-7-13-18/h8-9,14-15,17-18,26H,2-7,10-13H2,1H3,(H,27,31). The first-order chi connectivity index (χ1) is 15.5. The minimum Gasteiger partial charge on any atom is -0.349 e. The molecule has 3 aromatic heterocycles. The molecule has 7 heteroatoms. The molecule has 168 valence electrons. The van der Waals surface area contributed by atoms with Gasteiger partial charge in [0.2, 0.25) is 0 Å². The summed E-state index contributed by atoms with van der Waals surface area (Å²) in [6.07, 6.45) is 12.4. The average Bonchev–Trinajstić information content (AvgIpc) is 2.81. The second-order valence-corrected chi connectivity index (χ2v) is 9.42. The second kappa shape index (κ2) is 8.52. The molecule has 2 fully saturated rings. The Morgan fingerprint density at radius 3 is 2.47 bits per heavy atom. The lowest BCUT2D eigenvalue weighted by Crippen LogP contribution is -2.41. The summed E-state index contributed by atoms with van der Waals surface area (Å²) in [5, 5.41) is 12.5. The second-order valence-electron chi connectivity index (χ2n) is 9.42. The molecule has 0 saturated heterocycles. The van der Waals surface area contributed by atoms with Gasteiger partial charge < -0.3 is 9.88 Å². The van der Waals surface area contributed by atoms with E-state index in [2.05, 4.69) is 5.32 Å². The number of aromatic nitrogens is 3. The number of nitrogens with one attached hydrogen (secondary N) is 2. The third-order valence-corrected chi connectivity index (χ3v) is 7.20. The van der Waals surface area contributed by atoms with Crippen molar-refractivity contribution < 1.29 is 4.79 Å². The lowest BCUT2D eigenvalue weighted by Gasteiger charge is -2.27. The molecule has 2 aliphatic carbocycles. The van der Waals surface area contributed by atoms with Crippen molar-refractivity contribution in [3.05, 3.63) is 51.4 Å². The molecule has 5 rings (SSSR count). The van der Waals surface area contributed by atoms with Crippen LogP contribution in [0.3, 0.4) is 0 Å². The van der Waals surface area contributed by atoms with Crippen molar-refractivity contribution in [1.29, 1.82) is 5.41 Å². The lowest BCUT2D eigenvalue weighted by atomic mass is 9.94. The third-order valence-electron chi connectivity index (χ3n) is 7.20. The number of nitrogens with zero attached hydrogens (tertiary/aromatic N) is 3. The summed E-state index contributed by atoms with van der Waals surface area (Å²) in [5.74, 6) is -0.248. The van der Waals surface area contributed by atoms with E-state index in [0.717, 1.165) is 56.9 Å². The topological polar surface area (TPSA) is 92.3 Å². The predicted octanol–water partition coefficient (Wildman–Crippen LogP) is 4.00. The van der Waals surface area contributed by atoms with Gasteiger partial charge in [-0.25, -0.2) is 4.98 Å². The zero-order chi connectivity index (χ0) is 22.2. The number of carbonyl (C=O) groups is 1. The number of carbonyl (C=O) groups excluding carboxylic acids is 1. The van der Waals surface area contributed by atoms with Crippen molar-refractivity contribution in [3.8, 4) is 0 Å². The summed E-state index contributed by atoms with van der Waals surface area (Å²) in [6, 6.07) is 5.60. The predicted molar refractivity (Wildman–Crippen MR) is 124 cm³/mol. The van der Waals surface area contributed by atoms with E-state index in [9.17, 15) is 9.59 Å². The Morgan fingerprint density at radius 2 is 1.75 bits per heavy atom. The zero-order valence-corrected chi connectivity index (χ0v) is 18.7. The molecule has 2 N–H and O–H groups in total. The molecule has 0 aromatic carbocycles. The quantitative estimate of drug-likeness (QED) is 0.612. The molecule has 0 bridgehead atoms. The van der Waals surface area contributed by atoms with Gasteiger partial charge in [0.05, 0.1) is 10.9 Å². The van der Waals surface area contributed by atoms with Gasteiger partial charge in [-0.05, 0) is 50.3 Å². The van der Waals surface area contributed by atoms with Gasteiger partial charge in [-0.2, -0.15) is 0 Å². The molecular formula is C25H31N5O2. The van der Waals surface area contributed by atoms with E-state index in [1.807, 2.05) is 23.6 Å². The molecule has 7 nitrogen and oxygen atoms in total. The van der Waals surface area contributed by atoms with Crippen LogP contribution >= 0.6 is 0 Å². The maximum atomic E-state index is 13.5. The number of fused-ring (bicyclic) bond motifs is 2. The summed E-state index contributed by atoms with van der Waals surface area (Å²) in [7, 11) is 0. The van der Waals surface area contributed by atoms with Crippen molar-refractivity contribution in [1.82, 2.24) is 19.3 Å². The van der Waals surface area contributed by atoms with Gasteiger partial charge in [0, 0.05) is 18.3 Å². The largest absolute Gasteiger partial charge is 0.349 e. The number of amides is 1. The Kier molecular flexibility index (Phi) is 5.57. The van der Waals surface area contributed by atoms with E-state index in [0.29, 0.717) is 16.7 Å². The molecule has 0 aliphatic heterocycles. The van der Waals surface area contributed by atoms with Crippen molar-refractivity contribution >= 4 is 22.6 Å². The van der Waals surface area contributed by atoms with Crippen molar-refractivity contribution in [3.63, 3.8) is 0 Å². The summed E-state index contributed by atoms with van der Waals surface area (Å²) in [5.41, 5.74) is 2.30. The molecular weight excluding hydrogens is 402 g/mol. The van der Waals surface area contributed by atoms with Crippen LogP contribution in [0.2, 0.25) is 0 Å². The fraction of sp³-hybridized carbons (Fsp3) is 0.520. The van der Waals surface area contributed by atoms with Crippen LogP contribution in [0.25, 0.3) is 16.7 Å². The van der Waals surface area contributed by atoms with Crippen LogP contribution in [0.15, 0.2) is 29.2 Å². The third kappa shape index (κ3) is 3.63. The molecule has 3 heterocycles. The Bertz CT molecular complexity index is 1290.